The number of aromatic amines is 1. The first-order chi connectivity index (χ1) is 14.7. The van der Waals surface area contributed by atoms with Gasteiger partial charge in [0.1, 0.15) is 18.4 Å². The number of furan rings is 1. The molecule has 152 valence electrons. The Morgan fingerprint density at radius 3 is 2.90 bits per heavy atom. The Morgan fingerprint density at radius 1 is 1.20 bits per heavy atom. The fourth-order valence-corrected chi connectivity index (χ4v) is 4.34. The van der Waals surface area contributed by atoms with Crippen molar-refractivity contribution in [1.82, 2.24) is 14.9 Å². The SMILES string of the molecule is COCc1ccc(C(=O)N2CCc3c([nH]c4ccccc34)C2c2cccc(C)n2)o1. The van der Waals surface area contributed by atoms with Gasteiger partial charge in [-0.05, 0) is 49.2 Å². The average molecular weight is 401 g/mol. The molecule has 3 aromatic heterocycles. The average Bonchev–Trinajstić information content (AvgIpc) is 3.37. The van der Waals surface area contributed by atoms with Gasteiger partial charge in [0.05, 0.1) is 5.69 Å². The number of H-pyrrole nitrogens is 1. The fraction of sp³-hybridized carbons (Fsp3) is 0.250. The molecule has 4 heterocycles. The van der Waals surface area contributed by atoms with Crippen LogP contribution in [0.25, 0.3) is 10.9 Å². The maximum Gasteiger partial charge on any atom is 0.290 e. The summed E-state index contributed by atoms with van der Waals surface area (Å²) in [6.45, 7) is 2.89. The zero-order valence-electron chi connectivity index (χ0n) is 17.0. The molecule has 0 fully saturated rings. The van der Waals surface area contributed by atoms with Crippen molar-refractivity contribution in [2.45, 2.75) is 26.0 Å². The van der Waals surface area contributed by atoms with E-state index in [0.717, 1.165) is 29.0 Å². The minimum Gasteiger partial charge on any atom is -0.453 e. The highest BCUT2D eigenvalue weighted by Crippen LogP contribution is 2.38. The number of aryl methyl sites for hydroxylation is 1. The molecule has 6 heteroatoms. The summed E-state index contributed by atoms with van der Waals surface area (Å²) in [5.41, 5.74) is 5.12. The Bertz CT molecular complexity index is 1220. The van der Waals surface area contributed by atoms with Gasteiger partial charge in [0, 0.05) is 35.9 Å². The normalized spacial score (nSPS) is 16.1. The molecule has 1 amide bonds. The molecule has 1 aliphatic rings. The van der Waals surface area contributed by atoms with Crippen molar-refractivity contribution in [1.29, 1.82) is 0 Å². The van der Waals surface area contributed by atoms with E-state index in [1.54, 1.807) is 19.2 Å². The van der Waals surface area contributed by atoms with Crippen LogP contribution in [0.5, 0.6) is 0 Å². The summed E-state index contributed by atoms with van der Waals surface area (Å²) < 4.78 is 10.9. The minimum absolute atomic E-state index is 0.144. The van der Waals surface area contributed by atoms with E-state index in [-0.39, 0.29) is 11.9 Å². The quantitative estimate of drug-likeness (QED) is 0.550. The van der Waals surface area contributed by atoms with Crippen LogP contribution < -0.4 is 0 Å². The molecule has 0 saturated carbocycles. The number of pyridine rings is 1. The van der Waals surface area contributed by atoms with Crippen molar-refractivity contribution in [2.24, 2.45) is 0 Å². The van der Waals surface area contributed by atoms with Gasteiger partial charge in [-0.2, -0.15) is 0 Å². The van der Waals surface area contributed by atoms with Crippen LogP contribution >= 0.6 is 0 Å². The number of carbonyl (C=O) groups is 1. The molecule has 0 radical (unpaired) electrons. The second-order valence-corrected chi connectivity index (χ2v) is 7.62. The summed E-state index contributed by atoms with van der Waals surface area (Å²) in [6.07, 6.45) is 0.777. The van der Waals surface area contributed by atoms with E-state index >= 15 is 0 Å². The molecule has 1 unspecified atom stereocenters. The van der Waals surface area contributed by atoms with E-state index in [0.29, 0.717) is 24.7 Å². The maximum absolute atomic E-state index is 13.5. The van der Waals surface area contributed by atoms with Crippen LogP contribution in [0.4, 0.5) is 0 Å². The van der Waals surface area contributed by atoms with Crippen LogP contribution in [-0.2, 0) is 17.8 Å². The molecular formula is C24H23N3O3. The van der Waals surface area contributed by atoms with Gasteiger partial charge in [-0.3, -0.25) is 9.78 Å². The van der Waals surface area contributed by atoms with Gasteiger partial charge in [-0.1, -0.05) is 24.3 Å². The van der Waals surface area contributed by atoms with Gasteiger partial charge in [0.15, 0.2) is 5.76 Å². The summed E-state index contributed by atoms with van der Waals surface area (Å²) in [5.74, 6) is 0.809. The highest BCUT2D eigenvalue weighted by atomic mass is 16.5. The molecular weight excluding hydrogens is 378 g/mol. The van der Waals surface area contributed by atoms with E-state index in [4.69, 9.17) is 14.1 Å². The number of carbonyl (C=O) groups excluding carboxylic acids is 1. The Morgan fingerprint density at radius 2 is 2.07 bits per heavy atom. The molecule has 0 spiro atoms. The zero-order chi connectivity index (χ0) is 20.7. The molecule has 1 aromatic carbocycles. The number of benzene rings is 1. The summed E-state index contributed by atoms with van der Waals surface area (Å²) in [6, 6.07) is 17.4. The Labute approximate surface area is 174 Å². The molecule has 4 aromatic rings. The predicted molar refractivity (Wildman–Crippen MR) is 113 cm³/mol. The number of hydrogen-bond acceptors (Lipinski definition) is 4. The first kappa shape index (κ1) is 18.6. The number of amides is 1. The number of hydrogen-bond donors (Lipinski definition) is 1. The van der Waals surface area contributed by atoms with E-state index in [2.05, 4.69) is 17.1 Å². The molecule has 1 N–H and O–H groups in total. The lowest BCUT2D eigenvalue weighted by Crippen LogP contribution is -2.40. The van der Waals surface area contributed by atoms with Crippen molar-refractivity contribution in [3.05, 3.63) is 88.8 Å². The number of nitrogens with one attached hydrogen (secondary N) is 1. The van der Waals surface area contributed by atoms with Crippen LogP contribution in [0.1, 0.15) is 45.0 Å². The first-order valence-electron chi connectivity index (χ1n) is 10.1. The van der Waals surface area contributed by atoms with Gasteiger partial charge in [-0.15, -0.1) is 0 Å². The summed E-state index contributed by atoms with van der Waals surface area (Å²) in [7, 11) is 1.60. The van der Waals surface area contributed by atoms with Crippen LogP contribution in [0.2, 0.25) is 0 Å². The van der Waals surface area contributed by atoms with Gasteiger partial charge in [-0.25, -0.2) is 0 Å². The smallest absolute Gasteiger partial charge is 0.290 e. The molecule has 0 bridgehead atoms. The second-order valence-electron chi connectivity index (χ2n) is 7.62. The van der Waals surface area contributed by atoms with Crippen LogP contribution in [0.15, 0.2) is 59.0 Å². The van der Waals surface area contributed by atoms with Crippen molar-refractivity contribution in [3.8, 4) is 0 Å². The summed E-state index contributed by atoms with van der Waals surface area (Å²) in [4.78, 5) is 23.6. The van der Waals surface area contributed by atoms with Gasteiger partial charge in [0.25, 0.3) is 5.91 Å². The monoisotopic (exact) mass is 401 g/mol. The van der Waals surface area contributed by atoms with Crippen molar-refractivity contribution < 1.29 is 13.9 Å². The molecule has 0 saturated heterocycles. The molecule has 1 atom stereocenters. The lowest BCUT2D eigenvalue weighted by atomic mass is 9.94. The fourth-order valence-electron chi connectivity index (χ4n) is 4.34. The highest BCUT2D eigenvalue weighted by Gasteiger charge is 2.36. The molecule has 0 aliphatic carbocycles. The lowest BCUT2D eigenvalue weighted by molar-refractivity contribution is 0.0648. The van der Waals surface area contributed by atoms with Crippen molar-refractivity contribution in [3.63, 3.8) is 0 Å². The molecule has 30 heavy (non-hydrogen) atoms. The number of ether oxygens (including phenoxy) is 1. The Balaban J connectivity index is 1.62. The van der Waals surface area contributed by atoms with Crippen LogP contribution in [0, 0.1) is 6.92 Å². The van der Waals surface area contributed by atoms with Gasteiger partial charge >= 0.3 is 0 Å². The number of aromatic nitrogens is 2. The number of methoxy groups -OCH3 is 1. The van der Waals surface area contributed by atoms with E-state index in [1.165, 1.54) is 10.9 Å². The zero-order valence-corrected chi connectivity index (χ0v) is 17.0. The Kier molecular flexibility index (Phi) is 4.64. The third kappa shape index (κ3) is 3.09. The second kappa shape index (κ2) is 7.46. The van der Waals surface area contributed by atoms with Crippen molar-refractivity contribution >= 4 is 16.8 Å². The van der Waals surface area contributed by atoms with E-state index < -0.39 is 0 Å². The standard InChI is InChI=1S/C24H23N3O3/c1-15-6-5-9-20(25-15)23-22-18(17-7-3-4-8-19(17)26-22)12-13-27(23)24(28)21-11-10-16(30-21)14-29-2/h3-11,23,26H,12-14H2,1-2H3. The summed E-state index contributed by atoms with van der Waals surface area (Å²) in [5, 5.41) is 1.21. The van der Waals surface area contributed by atoms with Gasteiger partial charge in [0.2, 0.25) is 0 Å². The molecule has 6 nitrogen and oxygen atoms in total. The number of rotatable bonds is 4. The Hall–Kier alpha value is -3.38. The van der Waals surface area contributed by atoms with E-state index in [9.17, 15) is 4.79 Å². The van der Waals surface area contributed by atoms with E-state index in [1.807, 2.05) is 42.2 Å². The predicted octanol–water partition coefficient (Wildman–Crippen LogP) is 4.40. The van der Waals surface area contributed by atoms with Crippen molar-refractivity contribution in [2.75, 3.05) is 13.7 Å². The number of nitrogens with zero attached hydrogens (tertiary/aromatic N) is 2. The van der Waals surface area contributed by atoms with Crippen LogP contribution in [-0.4, -0.2) is 34.4 Å². The minimum atomic E-state index is -0.301. The lowest BCUT2D eigenvalue weighted by Gasteiger charge is -2.35. The number of para-hydroxylation sites is 1. The third-order valence-corrected chi connectivity index (χ3v) is 5.64. The van der Waals surface area contributed by atoms with Gasteiger partial charge < -0.3 is 19.0 Å². The first-order valence-corrected chi connectivity index (χ1v) is 10.1. The highest BCUT2D eigenvalue weighted by molar-refractivity contribution is 5.93. The molecule has 5 rings (SSSR count). The largest absolute Gasteiger partial charge is 0.453 e. The third-order valence-electron chi connectivity index (χ3n) is 5.64. The van der Waals surface area contributed by atoms with Crippen LogP contribution in [0.3, 0.4) is 0 Å². The maximum atomic E-state index is 13.5. The number of fused-ring (bicyclic) bond motifs is 3. The molecule has 1 aliphatic heterocycles. The topological polar surface area (TPSA) is 71.4 Å². The summed E-state index contributed by atoms with van der Waals surface area (Å²) >= 11 is 0.